The molecular weight excluding hydrogens is 817 g/mol. The molecule has 0 aliphatic heterocycles. The number of rotatable bonds is 47. The van der Waals surface area contributed by atoms with Crippen molar-refractivity contribution in [2.45, 2.75) is 239 Å². The van der Waals surface area contributed by atoms with E-state index < -0.39 is 6.10 Å². The van der Waals surface area contributed by atoms with Crippen LogP contribution in [0.1, 0.15) is 233 Å². The Kier molecular flexibility index (Phi) is 50.5. The Morgan fingerprint density at radius 2 is 0.591 bits per heavy atom. The number of esters is 3. The van der Waals surface area contributed by atoms with E-state index in [0.717, 1.165) is 148 Å². The Balaban J connectivity index is 4.39. The highest BCUT2D eigenvalue weighted by Crippen LogP contribution is 2.14. The molecule has 0 aliphatic rings. The number of carbonyl (C=O) groups excluding carboxylic acids is 3. The van der Waals surface area contributed by atoms with E-state index in [1.807, 2.05) is 0 Å². The van der Waals surface area contributed by atoms with E-state index in [1.54, 1.807) is 0 Å². The van der Waals surface area contributed by atoms with Crippen molar-refractivity contribution < 1.29 is 28.6 Å². The largest absolute Gasteiger partial charge is 0.462 e. The third kappa shape index (κ3) is 51.1. The van der Waals surface area contributed by atoms with Crippen LogP contribution >= 0.6 is 0 Å². The number of carbonyl (C=O) groups is 3. The van der Waals surface area contributed by atoms with Gasteiger partial charge in [-0.05, 0) is 116 Å². The number of hydrogen-bond acceptors (Lipinski definition) is 6. The van der Waals surface area contributed by atoms with Crippen molar-refractivity contribution >= 4 is 17.9 Å². The number of unbranched alkanes of at least 4 members (excludes halogenated alkanes) is 18. The lowest BCUT2D eigenvalue weighted by molar-refractivity contribution is -0.167. The fourth-order valence-electron chi connectivity index (χ4n) is 7.01. The molecule has 0 bridgehead atoms. The monoisotopic (exact) mass is 915 g/mol. The summed E-state index contributed by atoms with van der Waals surface area (Å²) >= 11 is 0. The zero-order chi connectivity index (χ0) is 47.9. The third-order valence-electron chi connectivity index (χ3n) is 11.0. The van der Waals surface area contributed by atoms with Crippen molar-refractivity contribution in [1.82, 2.24) is 0 Å². The van der Waals surface area contributed by atoms with Crippen molar-refractivity contribution in [2.24, 2.45) is 0 Å². The minimum absolute atomic E-state index is 0.0969. The first-order valence-corrected chi connectivity index (χ1v) is 26.9. The molecule has 0 aromatic carbocycles. The van der Waals surface area contributed by atoms with Gasteiger partial charge in [-0.2, -0.15) is 0 Å². The third-order valence-corrected chi connectivity index (χ3v) is 11.0. The predicted octanol–water partition coefficient (Wildman–Crippen LogP) is 17.9. The van der Waals surface area contributed by atoms with Crippen LogP contribution in [0.2, 0.25) is 0 Å². The fraction of sp³-hybridized carbons (Fsp3) is 0.650. The van der Waals surface area contributed by atoms with Crippen LogP contribution < -0.4 is 0 Å². The van der Waals surface area contributed by atoms with Crippen molar-refractivity contribution in [2.75, 3.05) is 13.2 Å². The molecule has 0 heterocycles. The molecule has 374 valence electrons. The first-order valence-electron chi connectivity index (χ1n) is 26.9. The van der Waals surface area contributed by atoms with E-state index in [-0.39, 0.29) is 31.1 Å². The second kappa shape index (κ2) is 53.7. The van der Waals surface area contributed by atoms with Gasteiger partial charge < -0.3 is 14.2 Å². The fourth-order valence-corrected chi connectivity index (χ4v) is 7.01. The summed E-state index contributed by atoms with van der Waals surface area (Å²) in [5.41, 5.74) is 0. The van der Waals surface area contributed by atoms with E-state index in [4.69, 9.17) is 14.2 Å². The maximum Gasteiger partial charge on any atom is 0.306 e. The minimum atomic E-state index is -0.799. The van der Waals surface area contributed by atoms with Gasteiger partial charge in [-0.1, -0.05) is 207 Å². The lowest BCUT2D eigenvalue weighted by Crippen LogP contribution is -2.30. The van der Waals surface area contributed by atoms with Gasteiger partial charge in [0, 0.05) is 19.3 Å². The van der Waals surface area contributed by atoms with Crippen molar-refractivity contribution in [3.8, 4) is 0 Å². The van der Waals surface area contributed by atoms with Crippen LogP contribution in [-0.2, 0) is 28.6 Å². The summed E-state index contributed by atoms with van der Waals surface area (Å²) in [7, 11) is 0. The van der Waals surface area contributed by atoms with Gasteiger partial charge in [-0.25, -0.2) is 0 Å². The lowest BCUT2D eigenvalue weighted by atomic mass is 10.1. The molecule has 66 heavy (non-hydrogen) atoms. The number of ether oxygens (including phenoxy) is 3. The first kappa shape index (κ1) is 62.1. The first-order chi connectivity index (χ1) is 32.5. The maximum atomic E-state index is 12.8. The van der Waals surface area contributed by atoms with Gasteiger partial charge in [0.25, 0.3) is 0 Å². The van der Waals surface area contributed by atoms with Gasteiger partial charge in [0.1, 0.15) is 13.2 Å². The molecule has 0 saturated heterocycles. The number of allylic oxidation sites excluding steroid dienone is 18. The summed E-state index contributed by atoms with van der Waals surface area (Å²) in [5, 5.41) is 0. The second-order valence-electron chi connectivity index (χ2n) is 17.4. The molecule has 0 fully saturated rings. The average molecular weight is 915 g/mol. The molecule has 0 aromatic rings. The molecule has 0 aliphatic carbocycles. The predicted molar refractivity (Wildman–Crippen MR) is 283 cm³/mol. The highest BCUT2D eigenvalue weighted by atomic mass is 16.6. The summed E-state index contributed by atoms with van der Waals surface area (Å²) in [4.78, 5) is 38.0. The molecule has 1 atom stereocenters. The minimum Gasteiger partial charge on any atom is -0.462 e. The van der Waals surface area contributed by atoms with E-state index in [9.17, 15) is 14.4 Å². The van der Waals surface area contributed by atoms with Crippen molar-refractivity contribution in [3.63, 3.8) is 0 Å². The van der Waals surface area contributed by atoms with Gasteiger partial charge in [0.05, 0.1) is 0 Å². The van der Waals surface area contributed by atoms with Gasteiger partial charge in [-0.15, -0.1) is 0 Å². The molecule has 6 heteroatoms. The summed E-state index contributed by atoms with van der Waals surface area (Å²) in [5.74, 6) is -0.943. The van der Waals surface area contributed by atoms with Crippen LogP contribution in [0.25, 0.3) is 0 Å². The summed E-state index contributed by atoms with van der Waals surface area (Å²) < 4.78 is 16.8. The Morgan fingerprint density at radius 1 is 0.318 bits per heavy atom. The quantitative estimate of drug-likeness (QED) is 0.0262. The lowest BCUT2D eigenvalue weighted by Gasteiger charge is -2.18. The zero-order valence-electron chi connectivity index (χ0n) is 42.7. The highest BCUT2D eigenvalue weighted by Gasteiger charge is 2.19. The highest BCUT2D eigenvalue weighted by molar-refractivity contribution is 5.71. The van der Waals surface area contributed by atoms with Crippen molar-refractivity contribution in [3.05, 3.63) is 109 Å². The van der Waals surface area contributed by atoms with E-state index in [2.05, 4.69) is 130 Å². The van der Waals surface area contributed by atoms with Crippen LogP contribution in [0.3, 0.4) is 0 Å². The molecule has 0 saturated carbocycles. The Hall–Kier alpha value is -3.93. The molecule has 0 rings (SSSR count). The van der Waals surface area contributed by atoms with Gasteiger partial charge in [0.15, 0.2) is 6.10 Å². The summed E-state index contributed by atoms with van der Waals surface area (Å²) in [6, 6.07) is 0. The number of hydrogen-bond donors (Lipinski definition) is 0. The Morgan fingerprint density at radius 3 is 0.939 bits per heavy atom. The molecule has 0 amide bonds. The Bertz CT molecular complexity index is 1370. The van der Waals surface area contributed by atoms with E-state index >= 15 is 0 Å². The van der Waals surface area contributed by atoms with Gasteiger partial charge >= 0.3 is 17.9 Å². The van der Waals surface area contributed by atoms with E-state index in [0.29, 0.717) is 19.3 Å². The topological polar surface area (TPSA) is 78.9 Å². The molecule has 1 unspecified atom stereocenters. The van der Waals surface area contributed by atoms with Crippen LogP contribution in [0, 0.1) is 0 Å². The standard InChI is InChI=1S/C60H98O6/c1-4-7-10-13-16-19-22-24-26-28-29-30-31-33-34-36-38-41-44-47-50-53-59(62)65-56-57(55-64-58(61)52-49-46-43-40-21-18-15-12-9-6-3)66-60(63)54-51-48-45-42-39-37-35-32-27-25-23-20-17-14-11-8-5-2/h7-8,10-12,15-17,19-20,24-27,29-30,35,37,57H,4-6,9,13-14,18,21-23,28,31-34,36,38-56H2,1-3H3/b10-7-,11-8-,15-12-,19-16-,20-17-,26-24-,27-25-,30-29-,37-35-. The Labute approximate surface area is 406 Å². The van der Waals surface area contributed by atoms with Crippen LogP contribution in [-0.4, -0.2) is 37.2 Å². The summed E-state index contributed by atoms with van der Waals surface area (Å²) in [6.07, 6.45) is 72.2. The van der Waals surface area contributed by atoms with Crippen LogP contribution in [0.15, 0.2) is 109 Å². The zero-order valence-corrected chi connectivity index (χ0v) is 42.7. The van der Waals surface area contributed by atoms with Crippen LogP contribution in [0.5, 0.6) is 0 Å². The van der Waals surface area contributed by atoms with E-state index in [1.165, 1.54) is 44.9 Å². The summed E-state index contributed by atoms with van der Waals surface area (Å²) in [6.45, 7) is 6.31. The van der Waals surface area contributed by atoms with Gasteiger partial charge in [0.2, 0.25) is 0 Å². The average Bonchev–Trinajstić information content (AvgIpc) is 3.31. The van der Waals surface area contributed by atoms with Crippen LogP contribution in [0.4, 0.5) is 0 Å². The van der Waals surface area contributed by atoms with Crippen molar-refractivity contribution in [1.29, 1.82) is 0 Å². The van der Waals surface area contributed by atoms with Gasteiger partial charge in [-0.3, -0.25) is 14.4 Å². The molecule has 0 radical (unpaired) electrons. The molecular formula is C60H98O6. The smallest absolute Gasteiger partial charge is 0.306 e. The molecule has 0 N–H and O–H groups in total. The second-order valence-corrected chi connectivity index (χ2v) is 17.4. The molecule has 0 spiro atoms. The SMILES string of the molecule is CC/C=C\C/C=C\C/C=C\C/C=C\CCCCCCCCCCC(=O)OCC(COC(=O)CCCCCCC/C=C\CCC)OC(=O)CCCCCC/C=C\C/C=C\C/C=C\C/C=C\CC. The molecule has 0 aromatic heterocycles. The molecule has 6 nitrogen and oxygen atoms in total. The normalized spacial score (nSPS) is 13.0. The maximum absolute atomic E-state index is 12.8.